The fraction of sp³-hybridized carbons (Fsp3) is 0.318. The minimum atomic E-state index is -0.368. The van der Waals surface area contributed by atoms with Crippen LogP contribution in [0, 0.1) is 6.92 Å². The molecule has 1 amide bonds. The molecule has 3 aromatic rings. The summed E-state index contributed by atoms with van der Waals surface area (Å²) in [7, 11) is 0. The smallest absolute Gasteiger partial charge is 0.342 e. The first-order valence-corrected chi connectivity index (χ1v) is 9.74. The van der Waals surface area contributed by atoms with E-state index in [9.17, 15) is 9.59 Å². The standard InChI is InChI=1S/C22H23N3O4/c1-3-28-22(27)19-15(2)16-7-4-5-8-17(16)23-20(19)24-10-12-25(13-11-24)21(26)18-9-6-14-29-18/h4-9,14H,3,10-13H2,1-2H3. The van der Waals surface area contributed by atoms with Gasteiger partial charge < -0.3 is 19.0 Å². The van der Waals surface area contributed by atoms with Gasteiger partial charge in [0.05, 0.1) is 18.4 Å². The summed E-state index contributed by atoms with van der Waals surface area (Å²) in [5.41, 5.74) is 2.19. The summed E-state index contributed by atoms with van der Waals surface area (Å²) in [6.07, 6.45) is 1.50. The second-order valence-corrected chi connectivity index (χ2v) is 6.93. The van der Waals surface area contributed by atoms with Gasteiger partial charge in [0.1, 0.15) is 11.4 Å². The maximum Gasteiger partial charge on any atom is 0.342 e. The van der Waals surface area contributed by atoms with Crippen molar-refractivity contribution in [2.45, 2.75) is 13.8 Å². The zero-order chi connectivity index (χ0) is 20.4. The molecule has 1 aliphatic rings. The lowest BCUT2D eigenvalue weighted by molar-refractivity contribution is 0.0524. The predicted octanol–water partition coefficient (Wildman–Crippen LogP) is 3.28. The molecule has 0 aliphatic carbocycles. The zero-order valence-electron chi connectivity index (χ0n) is 16.6. The van der Waals surface area contributed by atoms with Crippen molar-refractivity contribution in [3.8, 4) is 0 Å². The highest BCUT2D eigenvalue weighted by atomic mass is 16.5. The number of hydrogen-bond donors (Lipinski definition) is 0. The summed E-state index contributed by atoms with van der Waals surface area (Å²) in [5.74, 6) is 0.463. The van der Waals surface area contributed by atoms with Crippen molar-refractivity contribution < 1.29 is 18.7 Å². The number of benzene rings is 1. The Labute approximate surface area is 168 Å². The number of piperazine rings is 1. The SMILES string of the molecule is CCOC(=O)c1c(N2CCN(C(=O)c3ccco3)CC2)nc2ccccc2c1C. The summed E-state index contributed by atoms with van der Waals surface area (Å²) < 4.78 is 10.5. The van der Waals surface area contributed by atoms with Crippen molar-refractivity contribution in [3.05, 3.63) is 59.5 Å². The van der Waals surface area contributed by atoms with Gasteiger partial charge in [0.2, 0.25) is 0 Å². The Morgan fingerprint density at radius 2 is 1.86 bits per heavy atom. The summed E-state index contributed by atoms with van der Waals surface area (Å²) in [4.78, 5) is 33.8. The van der Waals surface area contributed by atoms with Crippen LogP contribution in [0.1, 0.15) is 33.4 Å². The lowest BCUT2D eigenvalue weighted by Crippen LogP contribution is -2.49. The molecule has 1 saturated heterocycles. The van der Waals surface area contributed by atoms with Crippen LogP contribution in [0.2, 0.25) is 0 Å². The minimum Gasteiger partial charge on any atom is -0.462 e. The molecule has 2 aromatic heterocycles. The van der Waals surface area contributed by atoms with Gasteiger partial charge in [-0.1, -0.05) is 18.2 Å². The number of esters is 1. The van der Waals surface area contributed by atoms with Crippen LogP contribution in [0.25, 0.3) is 10.9 Å². The van der Waals surface area contributed by atoms with Crippen LogP contribution in [0.15, 0.2) is 47.1 Å². The third-order valence-electron chi connectivity index (χ3n) is 5.21. The second kappa shape index (κ2) is 7.95. The van der Waals surface area contributed by atoms with Crippen molar-refractivity contribution in [2.75, 3.05) is 37.7 Å². The average molecular weight is 393 g/mol. The molecule has 0 N–H and O–H groups in total. The van der Waals surface area contributed by atoms with Crippen LogP contribution in [-0.4, -0.2) is 54.5 Å². The number of nitrogens with zero attached hydrogens (tertiary/aromatic N) is 3. The molecule has 150 valence electrons. The minimum absolute atomic E-state index is 0.122. The van der Waals surface area contributed by atoms with Crippen LogP contribution in [-0.2, 0) is 4.74 Å². The van der Waals surface area contributed by atoms with E-state index in [1.165, 1.54) is 6.26 Å². The summed E-state index contributed by atoms with van der Waals surface area (Å²) in [6.45, 7) is 6.21. The lowest BCUT2D eigenvalue weighted by Gasteiger charge is -2.36. The Morgan fingerprint density at radius 3 is 2.55 bits per heavy atom. The van der Waals surface area contributed by atoms with Crippen molar-refractivity contribution >= 4 is 28.6 Å². The van der Waals surface area contributed by atoms with E-state index in [0.717, 1.165) is 16.5 Å². The van der Waals surface area contributed by atoms with E-state index in [1.54, 1.807) is 24.0 Å². The van der Waals surface area contributed by atoms with E-state index in [4.69, 9.17) is 14.1 Å². The van der Waals surface area contributed by atoms with E-state index in [1.807, 2.05) is 31.2 Å². The Morgan fingerprint density at radius 1 is 1.10 bits per heavy atom. The highest BCUT2D eigenvalue weighted by Crippen LogP contribution is 2.30. The molecule has 1 aliphatic heterocycles. The van der Waals surface area contributed by atoms with Crippen molar-refractivity contribution in [1.29, 1.82) is 0 Å². The van der Waals surface area contributed by atoms with E-state index >= 15 is 0 Å². The van der Waals surface area contributed by atoms with E-state index < -0.39 is 0 Å². The molecule has 7 nitrogen and oxygen atoms in total. The Hall–Kier alpha value is -3.35. The number of rotatable bonds is 4. The van der Waals surface area contributed by atoms with Gasteiger partial charge in [0.15, 0.2) is 5.76 Å². The number of fused-ring (bicyclic) bond motifs is 1. The molecule has 3 heterocycles. The van der Waals surface area contributed by atoms with E-state index in [2.05, 4.69) is 4.90 Å². The summed E-state index contributed by atoms with van der Waals surface area (Å²) in [6, 6.07) is 11.1. The van der Waals surface area contributed by atoms with Gasteiger partial charge >= 0.3 is 5.97 Å². The third kappa shape index (κ3) is 3.55. The monoisotopic (exact) mass is 393 g/mol. The number of aromatic nitrogens is 1. The Kier molecular flexibility index (Phi) is 5.20. The third-order valence-corrected chi connectivity index (χ3v) is 5.21. The Balaban J connectivity index is 1.64. The number of para-hydroxylation sites is 1. The van der Waals surface area contributed by atoms with Gasteiger partial charge in [-0.15, -0.1) is 0 Å². The van der Waals surface area contributed by atoms with Crippen LogP contribution in [0.5, 0.6) is 0 Å². The number of ether oxygens (including phenoxy) is 1. The molecule has 0 unspecified atom stereocenters. The molecule has 4 rings (SSSR count). The molecule has 0 radical (unpaired) electrons. The van der Waals surface area contributed by atoms with Crippen molar-refractivity contribution in [3.63, 3.8) is 0 Å². The molecular weight excluding hydrogens is 370 g/mol. The highest BCUT2D eigenvalue weighted by Gasteiger charge is 2.28. The summed E-state index contributed by atoms with van der Waals surface area (Å²) in [5, 5.41) is 0.936. The molecule has 0 spiro atoms. The van der Waals surface area contributed by atoms with Gasteiger partial charge in [0, 0.05) is 31.6 Å². The van der Waals surface area contributed by atoms with Crippen LogP contribution in [0.3, 0.4) is 0 Å². The van der Waals surface area contributed by atoms with Gasteiger partial charge in [-0.2, -0.15) is 0 Å². The molecule has 1 aromatic carbocycles. The molecule has 0 saturated carbocycles. The molecule has 7 heteroatoms. The van der Waals surface area contributed by atoms with Gasteiger partial charge in [0.25, 0.3) is 5.91 Å². The number of carbonyl (C=O) groups is 2. The quantitative estimate of drug-likeness (QED) is 0.633. The topological polar surface area (TPSA) is 75.9 Å². The van der Waals surface area contributed by atoms with Crippen molar-refractivity contribution in [1.82, 2.24) is 9.88 Å². The number of aryl methyl sites for hydroxylation is 1. The fourth-order valence-electron chi connectivity index (χ4n) is 3.71. The van der Waals surface area contributed by atoms with Crippen LogP contribution < -0.4 is 4.90 Å². The summed E-state index contributed by atoms with van der Waals surface area (Å²) >= 11 is 0. The number of anilines is 1. The molecule has 0 bridgehead atoms. The van der Waals surface area contributed by atoms with Crippen LogP contribution >= 0.6 is 0 Å². The van der Waals surface area contributed by atoms with Gasteiger partial charge in [-0.05, 0) is 37.6 Å². The first kappa shape index (κ1) is 19.0. The fourth-order valence-corrected chi connectivity index (χ4v) is 3.71. The van der Waals surface area contributed by atoms with E-state index in [-0.39, 0.29) is 11.9 Å². The second-order valence-electron chi connectivity index (χ2n) is 6.93. The normalized spacial score (nSPS) is 14.3. The zero-order valence-corrected chi connectivity index (χ0v) is 16.6. The first-order valence-electron chi connectivity index (χ1n) is 9.74. The first-order chi connectivity index (χ1) is 14.1. The maximum absolute atomic E-state index is 12.7. The maximum atomic E-state index is 12.7. The largest absolute Gasteiger partial charge is 0.462 e. The average Bonchev–Trinajstić information content (AvgIpc) is 3.28. The molecular formula is C22H23N3O4. The predicted molar refractivity (Wildman–Crippen MR) is 109 cm³/mol. The number of carbonyl (C=O) groups excluding carboxylic acids is 2. The number of amides is 1. The van der Waals surface area contributed by atoms with Crippen molar-refractivity contribution in [2.24, 2.45) is 0 Å². The van der Waals surface area contributed by atoms with Crippen LogP contribution in [0.4, 0.5) is 5.82 Å². The number of furan rings is 1. The Bertz CT molecular complexity index is 1040. The van der Waals surface area contributed by atoms with Gasteiger partial charge in [-0.3, -0.25) is 4.79 Å². The molecule has 0 atom stereocenters. The number of hydrogen-bond acceptors (Lipinski definition) is 6. The van der Waals surface area contributed by atoms with E-state index in [0.29, 0.717) is 49.9 Å². The molecule has 1 fully saturated rings. The number of pyridine rings is 1. The lowest BCUT2D eigenvalue weighted by atomic mass is 10.0. The van der Waals surface area contributed by atoms with Gasteiger partial charge in [-0.25, -0.2) is 9.78 Å². The molecule has 29 heavy (non-hydrogen) atoms. The highest BCUT2D eigenvalue weighted by molar-refractivity contribution is 6.02.